The number of aryl methyl sites for hydroxylation is 3. The lowest BCUT2D eigenvalue weighted by atomic mass is 9.85. The van der Waals surface area contributed by atoms with Gasteiger partial charge in [0.05, 0.1) is 20.3 Å². The summed E-state index contributed by atoms with van der Waals surface area (Å²) in [6.07, 6.45) is 1.25. The number of carbonyl (C=O) groups is 2. The minimum absolute atomic E-state index is 0.0940. The zero-order valence-electron chi connectivity index (χ0n) is 21.6. The van der Waals surface area contributed by atoms with Crippen LogP contribution >= 0.6 is 0 Å². The Bertz CT molecular complexity index is 1090. The minimum atomic E-state index is -0.802. The SMILES string of the molecule is COCCN1C(=O)N(Cc2cccc(OC)c2)C(=O)C12CCN(Cc1cc(C)c(C)cc1C)CC2. The molecule has 0 unspecified atom stereocenters. The molecule has 7 heteroatoms. The maximum Gasteiger partial charge on any atom is 0.328 e. The first-order valence-corrected chi connectivity index (χ1v) is 12.3. The van der Waals surface area contributed by atoms with Crippen molar-refractivity contribution in [3.05, 3.63) is 64.2 Å². The number of methoxy groups -OCH3 is 2. The summed E-state index contributed by atoms with van der Waals surface area (Å²) in [5.41, 5.74) is 5.31. The van der Waals surface area contributed by atoms with Crippen molar-refractivity contribution in [3.8, 4) is 5.75 Å². The molecule has 0 N–H and O–H groups in total. The molecular weight excluding hydrogens is 442 g/mol. The van der Waals surface area contributed by atoms with E-state index in [-0.39, 0.29) is 18.5 Å². The van der Waals surface area contributed by atoms with Crippen LogP contribution in [0.15, 0.2) is 36.4 Å². The van der Waals surface area contributed by atoms with E-state index in [1.54, 1.807) is 19.1 Å². The highest BCUT2D eigenvalue weighted by atomic mass is 16.5. The Balaban J connectivity index is 1.52. The molecule has 2 heterocycles. The van der Waals surface area contributed by atoms with Crippen LogP contribution in [-0.2, 0) is 22.6 Å². The normalized spacial score (nSPS) is 18.1. The van der Waals surface area contributed by atoms with Crippen molar-refractivity contribution in [3.63, 3.8) is 0 Å². The third kappa shape index (κ3) is 4.93. The molecule has 2 aliphatic heterocycles. The molecule has 0 aliphatic carbocycles. The lowest BCUT2D eigenvalue weighted by Crippen LogP contribution is -2.57. The molecule has 0 aromatic heterocycles. The summed E-state index contributed by atoms with van der Waals surface area (Å²) in [5, 5.41) is 0. The summed E-state index contributed by atoms with van der Waals surface area (Å²) >= 11 is 0. The summed E-state index contributed by atoms with van der Waals surface area (Å²) in [5.74, 6) is 0.617. The van der Waals surface area contributed by atoms with Gasteiger partial charge in [-0.25, -0.2) is 4.79 Å². The Kier molecular flexibility index (Phi) is 7.47. The van der Waals surface area contributed by atoms with Gasteiger partial charge in [0, 0.05) is 33.3 Å². The lowest BCUT2D eigenvalue weighted by Gasteiger charge is -2.42. The van der Waals surface area contributed by atoms with E-state index in [0.29, 0.717) is 31.7 Å². The van der Waals surface area contributed by atoms with Gasteiger partial charge in [0.1, 0.15) is 11.3 Å². The van der Waals surface area contributed by atoms with Crippen LogP contribution in [0.5, 0.6) is 5.75 Å². The van der Waals surface area contributed by atoms with E-state index in [0.717, 1.165) is 25.2 Å². The van der Waals surface area contributed by atoms with Gasteiger partial charge in [-0.15, -0.1) is 0 Å². The van der Waals surface area contributed by atoms with E-state index in [9.17, 15) is 9.59 Å². The number of hydrogen-bond donors (Lipinski definition) is 0. The fourth-order valence-corrected chi connectivity index (χ4v) is 5.36. The van der Waals surface area contributed by atoms with Crippen molar-refractivity contribution < 1.29 is 19.1 Å². The van der Waals surface area contributed by atoms with Crippen LogP contribution in [0.1, 0.15) is 40.7 Å². The van der Waals surface area contributed by atoms with Crippen molar-refractivity contribution in [2.75, 3.05) is 40.5 Å². The standard InChI is InChI=1S/C28H37N3O4/c1-20-15-22(3)24(16-21(20)2)19-29-11-9-28(10-12-29)26(32)30(27(33)31(28)13-14-34-4)18-23-7-6-8-25(17-23)35-5/h6-8,15-17H,9-14,18-19H2,1-5H3. The molecule has 0 saturated carbocycles. The number of imide groups is 1. The van der Waals surface area contributed by atoms with Gasteiger partial charge in [-0.3, -0.25) is 14.6 Å². The largest absolute Gasteiger partial charge is 0.497 e. The van der Waals surface area contributed by atoms with Crippen LogP contribution in [0.25, 0.3) is 0 Å². The van der Waals surface area contributed by atoms with Gasteiger partial charge in [0.25, 0.3) is 5.91 Å². The molecule has 2 aromatic carbocycles. The van der Waals surface area contributed by atoms with Gasteiger partial charge in [-0.1, -0.05) is 24.3 Å². The van der Waals surface area contributed by atoms with Crippen LogP contribution in [0, 0.1) is 20.8 Å². The first kappa shape index (κ1) is 25.2. The lowest BCUT2D eigenvalue weighted by molar-refractivity contribution is -0.136. The molecule has 2 aliphatic rings. The molecule has 35 heavy (non-hydrogen) atoms. The van der Waals surface area contributed by atoms with E-state index in [1.165, 1.54) is 27.2 Å². The van der Waals surface area contributed by atoms with Gasteiger partial charge in [-0.05, 0) is 73.6 Å². The highest BCUT2D eigenvalue weighted by Gasteiger charge is 2.57. The van der Waals surface area contributed by atoms with Crippen molar-refractivity contribution >= 4 is 11.9 Å². The number of hydrogen-bond acceptors (Lipinski definition) is 5. The van der Waals surface area contributed by atoms with Gasteiger partial charge in [0.2, 0.25) is 0 Å². The smallest absolute Gasteiger partial charge is 0.328 e. The fourth-order valence-electron chi connectivity index (χ4n) is 5.36. The van der Waals surface area contributed by atoms with Crippen LogP contribution in [-0.4, -0.2) is 72.6 Å². The number of rotatable bonds is 8. The van der Waals surface area contributed by atoms with Gasteiger partial charge in [0.15, 0.2) is 0 Å². The van der Waals surface area contributed by atoms with Gasteiger partial charge in [-0.2, -0.15) is 0 Å². The number of urea groups is 1. The van der Waals surface area contributed by atoms with E-state index >= 15 is 0 Å². The quantitative estimate of drug-likeness (QED) is 0.534. The van der Waals surface area contributed by atoms with E-state index in [4.69, 9.17) is 9.47 Å². The third-order valence-electron chi connectivity index (χ3n) is 7.65. The van der Waals surface area contributed by atoms with Crippen LogP contribution in [0.4, 0.5) is 4.79 Å². The molecule has 0 atom stereocenters. The predicted octanol–water partition coefficient (Wildman–Crippen LogP) is 4.07. The van der Waals surface area contributed by atoms with Crippen LogP contribution < -0.4 is 4.74 Å². The fraction of sp³-hybridized carbons (Fsp3) is 0.500. The summed E-state index contributed by atoms with van der Waals surface area (Å²) in [4.78, 5) is 32.8. The number of ether oxygens (including phenoxy) is 2. The van der Waals surface area contributed by atoms with E-state index < -0.39 is 5.54 Å². The molecule has 4 rings (SSSR count). The number of likely N-dealkylation sites (tertiary alicyclic amines) is 1. The van der Waals surface area contributed by atoms with Crippen molar-refractivity contribution in [2.24, 2.45) is 0 Å². The Morgan fingerprint density at radius 2 is 1.63 bits per heavy atom. The highest BCUT2D eigenvalue weighted by molar-refractivity contribution is 6.07. The summed E-state index contributed by atoms with van der Waals surface area (Å²) in [7, 11) is 3.23. The van der Waals surface area contributed by atoms with Crippen molar-refractivity contribution in [1.82, 2.24) is 14.7 Å². The van der Waals surface area contributed by atoms with Crippen LogP contribution in [0.3, 0.4) is 0 Å². The first-order valence-electron chi connectivity index (χ1n) is 12.3. The Labute approximate surface area is 208 Å². The molecule has 1 spiro atoms. The monoisotopic (exact) mass is 479 g/mol. The highest BCUT2D eigenvalue weighted by Crippen LogP contribution is 2.38. The maximum absolute atomic E-state index is 13.8. The number of nitrogens with zero attached hydrogens (tertiary/aromatic N) is 3. The predicted molar refractivity (Wildman–Crippen MR) is 135 cm³/mol. The second-order valence-corrected chi connectivity index (χ2v) is 9.84. The van der Waals surface area contributed by atoms with Crippen molar-refractivity contribution in [1.29, 1.82) is 0 Å². The van der Waals surface area contributed by atoms with E-state index in [1.807, 2.05) is 24.3 Å². The molecule has 0 radical (unpaired) electrons. The molecule has 188 valence electrons. The molecule has 2 aromatic rings. The molecule has 2 fully saturated rings. The minimum Gasteiger partial charge on any atom is -0.497 e. The Morgan fingerprint density at radius 1 is 0.914 bits per heavy atom. The topological polar surface area (TPSA) is 62.3 Å². The second-order valence-electron chi connectivity index (χ2n) is 9.84. The summed E-state index contributed by atoms with van der Waals surface area (Å²) in [6.45, 7) is 9.90. The zero-order valence-corrected chi connectivity index (χ0v) is 21.6. The summed E-state index contributed by atoms with van der Waals surface area (Å²) in [6, 6.07) is 11.8. The number of piperidine rings is 1. The van der Waals surface area contributed by atoms with E-state index in [2.05, 4.69) is 37.8 Å². The average Bonchev–Trinajstić information content (AvgIpc) is 3.03. The molecule has 2 saturated heterocycles. The van der Waals surface area contributed by atoms with Gasteiger partial charge >= 0.3 is 6.03 Å². The summed E-state index contributed by atoms with van der Waals surface area (Å²) < 4.78 is 10.6. The molecule has 0 bridgehead atoms. The van der Waals surface area contributed by atoms with Crippen LogP contribution in [0.2, 0.25) is 0 Å². The third-order valence-corrected chi connectivity index (χ3v) is 7.65. The Morgan fingerprint density at radius 3 is 2.31 bits per heavy atom. The first-order chi connectivity index (χ1) is 16.8. The molecular formula is C28H37N3O4. The average molecular weight is 480 g/mol. The molecule has 7 nitrogen and oxygen atoms in total. The van der Waals surface area contributed by atoms with Gasteiger partial charge < -0.3 is 14.4 Å². The van der Waals surface area contributed by atoms with Crippen molar-refractivity contribution in [2.45, 2.75) is 52.2 Å². The second kappa shape index (κ2) is 10.4. The number of amides is 3. The maximum atomic E-state index is 13.8. The Hall–Kier alpha value is -2.90. The number of carbonyl (C=O) groups excluding carboxylic acids is 2. The number of benzene rings is 2. The zero-order chi connectivity index (χ0) is 25.2. The molecule has 3 amide bonds.